The van der Waals surface area contributed by atoms with Gasteiger partial charge in [0.1, 0.15) is 11.7 Å². The molecule has 0 fully saturated rings. The molecule has 0 atom stereocenters. The van der Waals surface area contributed by atoms with Gasteiger partial charge in [0, 0.05) is 6.20 Å². The highest BCUT2D eigenvalue weighted by Gasteiger charge is 2.11. The first kappa shape index (κ1) is 14.7. The molecule has 2 aromatic heterocycles. The van der Waals surface area contributed by atoms with Gasteiger partial charge in [0.25, 0.3) is 5.56 Å². The molecule has 0 saturated heterocycles. The molecule has 0 amide bonds. The Hall–Kier alpha value is -3.20. The van der Waals surface area contributed by atoms with Gasteiger partial charge in [0.2, 0.25) is 0 Å². The number of fused-ring (bicyclic) bond motifs is 2. The summed E-state index contributed by atoms with van der Waals surface area (Å²) in [5.41, 5.74) is 3.08. The van der Waals surface area contributed by atoms with E-state index < -0.39 is 5.97 Å². The molecule has 0 spiro atoms. The largest absolute Gasteiger partial charge is 0.447 e. The van der Waals surface area contributed by atoms with E-state index in [0.29, 0.717) is 16.6 Å². The molecule has 23 heavy (non-hydrogen) atoms. The second-order valence-electron chi connectivity index (χ2n) is 5.25. The van der Waals surface area contributed by atoms with E-state index >= 15 is 0 Å². The van der Waals surface area contributed by atoms with Crippen LogP contribution in [0.1, 0.15) is 21.5 Å². The molecular weight excluding hydrogens is 294 g/mol. The van der Waals surface area contributed by atoms with Crippen LogP contribution in [0.5, 0.6) is 0 Å². The zero-order valence-electron chi connectivity index (χ0n) is 12.7. The van der Waals surface area contributed by atoms with Crippen molar-refractivity contribution in [1.29, 1.82) is 5.26 Å². The van der Waals surface area contributed by atoms with Crippen molar-refractivity contribution in [3.05, 3.63) is 57.5 Å². The quantitative estimate of drug-likeness (QED) is 0.535. The number of pyridine rings is 1. The number of aromatic nitrogens is 2. The fraction of sp³-hybridized carbons (Fsp3) is 0.176. The number of hydrogen-bond acceptors (Lipinski definition) is 5. The maximum absolute atomic E-state index is 12.7. The van der Waals surface area contributed by atoms with Crippen LogP contribution in [0.15, 0.2) is 35.3 Å². The number of nitrogens with zero attached hydrogens (tertiary/aromatic N) is 3. The maximum Gasteiger partial charge on any atom is 0.340 e. The monoisotopic (exact) mass is 307 g/mol. The second kappa shape index (κ2) is 5.54. The molecule has 0 aliphatic heterocycles. The van der Waals surface area contributed by atoms with Crippen LogP contribution in [0.3, 0.4) is 0 Å². The lowest BCUT2D eigenvalue weighted by atomic mass is 10.1. The first-order valence-corrected chi connectivity index (χ1v) is 6.98. The molecule has 0 bridgehead atoms. The van der Waals surface area contributed by atoms with Crippen LogP contribution in [0, 0.1) is 25.2 Å². The molecule has 2 heterocycles. The average Bonchev–Trinajstić information content (AvgIpc) is 2.54. The number of aryl methyl sites for hydroxylation is 2. The topological polar surface area (TPSA) is 84.5 Å². The summed E-state index contributed by atoms with van der Waals surface area (Å²) in [6.45, 7) is 3.56. The smallest absolute Gasteiger partial charge is 0.340 e. The van der Waals surface area contributed by atoms with Gasteiger partial charge in [-0.05, 0) is 49.2 Å². The van der Waals surface area contributed by atoms with Crippen LogP contribution < -0.4 is 5.56 Å². The normalized spacial score (nSPS) is 10.7. The molecule has 0 aliphatic rings. The van der Waals surface area contributed by atoms with Crippen molar-refractivity contribution in [2.24, 2.45) is 0 Å². The second-order valence-corrected chi connectivity index (χ2v) is 5.25. The zero-order chi connectivity index (χ0) is 16.6. The Balaban J connectivity index is 2.23. The number of nitriles is 1. The van der Waals surface area contributed by atoms with Crippen molar-refractivity contribution in [1.82, 2.24) is 9.38 Å². The standard InChI is InChI=1S/C17H13N3O3/c1-10-7-13-14(8-11(10)2)19-15-4-3-12(9-20(15)16(13)21)17(22)23-6-5-18/h3-4,7-9H,6H2,1-2H3. The average molecular weight is 307 g/mol. The van der Waals surface area contributed by atoms with Gasteiger partial charge in [-0.15, -0.1) is 0 Å². The molecular formula is C17H13N3O3. The molecule has 0 unspecified atom stereocenters. The van der Waals surface area contributed by atoms with Gasteiger partial charge in [0.15, 0.2) is 6.61 Å². The Morgan fingerprint density at radius 2 is 2.04 bits per heavy atom. The first-order valence-electron chi connectivity index (χ1n) is 6.98. The highest BCUT2D eigenvalue weighted by Crippen LogP contribution is 2.16. The number of ether oxygens (including phenoxy) is 1. The van der Waals surface area contributed by atoms with Crippen LogP contribution in [-0.4, -0.2) is 22.0 Å². The molecule has 0 N–H and O–H groups in total. The van der Waals surface area contributed by atoms with Crippen molar-refractivity contribution >= 4 is 22.5 Å². The van der Waals surface area contributed by atoms with Crippen molar-refractivity contribution in [3.63, 3.8) is 0 Å². The third-order valence-electron chi connectivity index (χ3n) is 3.73. The summed E-state index contributed by atoms with van der Waals surface area (Å²) < 4.78 is 6.07. The number of carbonyl (C=O) groups excluding carboxylic acids is 1. The van der Waals surface area contributed by atoms with Crippen LogP contribution >= 0.6 is 0 Å². The molecule has 114 valence electrons. The van der Waals surface area contributed by atoms with Crippen LogP contribution in [0.2, 0.25) is 0 Å². The number of hydrogen-bond donors (Lipinski definition) is 0. The highest BCUT2D eigenvalue weighted by atomic mass is 16.5. The van der Waals surface area contributed by atoms with Gasteiger partial charge >= 0.3 is 5.97 Å². The van der Waals surface area contributed by atoms with Crippen molar-refractivity contribution in [3.8, 4) is 6.07 Å². The van der Waals surface area contributed by atoms with Gasteiger partial charge in [-0.2, -0.15) is 5.26 Å². The predicted molar refractivity (Wildman–Crippen MR) is 84.3 cm³/mol. The summed E-state index contributed by atoms with van der Waals surface area (Å²) in [4.78, 5) is 28.9. The lowest BCUT2D eigenvalue weighted by Gasteiger charge is -2.07. The minimum atomic E-state index is -0.652. The number of benzene rings is 1. The molecule has 1 aromatic carbocycles. The summed E-state index contributed by atoms with van der Waals surface area (Å²) in [6, 6.07) is 8.51. The van der Waals surface area contributed by atoms with Crippen LogP contribution in [0.25, 0.3) is 16.6 Å². The molecule has 6 nitrogen and oxygen atoms in total. The van der Waals surface area contributed by atoms with Gasteiger partial charge < -0.3 is 4.74 Å². The van der Waals surface area contributed by atoms with Crippen LogP contribution in [0.4, 0.5) is 0 Å². The van der Waals surface area contributed by atoms with Crippen LogP contribution in [-0.2, 0) is 4.74 Å². The summed E-state index contributed by atoms with van der Waals surface area (Å²) >= 11 is 0. The summed E-state index contributed by atoms with van der Waals surface area (Å²) in [5, 5.41) is 8.95. The van der Waals surface area contributed by atoms with Gasteiger partial charge in [0.05, 0.1) is 16.5 Å². The summed E-state index contributed by atoms with van der Waals surface area (Å²) in [6.07, 6.45) is 1.39. The van der Waals surface area contributed by atoms with E-state index in [-0.39, 0.29) is 17.7 Å². The molecule has 0 radical (unpaired) electrons. The van der Waals surface area contributed by atoms with Gasteiger partial charge in [-0.25, -0.2) is 9.78 Å². The SMILES string of the molecule is Cc1cc2nc3ccc(C(=O)OCC#N)cn3c(=O)c2cc1C. The van der Waals surface area contributed by atoms with E-state index in [2.05, 4.69) is 4.98 Å². The fourth-order valence-corrected chi connectivity index (χ4v) is 2.37. The molecule has 0 saturated carbocycles. The third-order valence-corrected chi connectivity index (χ3v) is 3.73. The Morgan fingerprint density at radius 1 is 1.30 bits per heavy atom. The number of carbonyl (C=O) groups is 1. The van der Waals surface area contributed by atoms with Gasteiger partial charge in [-0.3, -0.25) is 9.20 Å². The Bertz CT molecular complexity index is 1040. The van der Waals surface area contributed by atoms with E-state index in [1.165, 1.54) is 16.7 Å². The fourth-order valence-electron chi connectivity index (χ4n) is 2.37. The van der Waals surface area contributed by atoms with E-state index in [9.17, 15) is 9.59 Å². The van der Waals surface area contributed by atoms with Crippen molar-refractivity contribution in [2.75, 3.05) is 6.61 Å². The molecule has 0 aliphatic carbocycles. The van der Waals surface area contributed by atoms with E-state index in [1.54, 1.807) is 18.2 Å². The summed E-state index contributed by atoms with van der Waals surface area (Å²) in [5.74, 6) is -0.652. The molecule has 3 aromatic rings. The summed E-state index contributed by atoms with van der Waals surface area (Å²) in [7, 11) is 0. The first-order chi connectivity index (χ1) is 11.0. The highest BCUT2D eigenvalue weighted by molar-refractivity contribution is 5.90. The maximum atomic E-state index is 12.7. The van der Waals surface area contributed by atoms with Crippen molar-refractivity contribution < 1.29 is 9.53 Å². The van der Waals surface area contributed by atoms with Gasteiger partial charge in [-0.1, -0.05) is 0 Å². The van der Waals surface area contributed by atoms with Crippen molar-refractivity contribution in [2.45, 2.75) is 13.8 Å². The number of rotatable bonds is 2. The van der Waals surface area contributed by atoms with E-state index in [1.807, 2.05) is 19.9 Å². The zero-order valence-corrected chi connectivity index (χ0v) is 12.7. The Kier molecular flexibility index (Phi) is 3.54. The minimum absolute atomic E-state index is 0.194. The lowest BCUT2D eigenvalue weighted by Crippen LogP contribution is -2.17. The van der Waals surface area contributed by atoms with E-state index in [4.69, 9.17) is 10.00 Å². The molecule has 3 rings (SSSR count). The molecule has 6 heteroatoms. The lowest BCUT2D eigenvalue weighted by molar-refractivity contribution is 0.0554. The van der Waals surface area contributed by atoms with E-state index in [0.717, 1.165) is 11.1 Å². The Labute approximate surface area is 131 Å². The predicted octanol–water partition coefficient (Wildman–Crippen LogP) is 2.14. The number of esters is 1. The minimum Gasteiger partial charge on any atom is -0.447 e. The third kappa shape index (κ3) is 2.53. The Morgan fingerprint density at radius 3 is 2.78 bits per heavy atom.